The summed E-state index contributed by atoms with van der Waals surface area (Å²) < 4.78 is 7.23. The smallest absolute Gasteiger partial charge is 0.303 e. The number of aliphatic hydroxyl groups is 2. The van der Waals surface area contributed by atoms with E-state index in [1.165, 1.54) is 16.8 Å². The lowest BCUT2D eigenvalue weighted by molar-refractivity contribution is -0.765. The van der Waals surface area contributed by atoms with Crippen molar-refractivity contribution in [1.29, 1.82) is 0 Å². The van der Waals surface area contributed by atoms with E-state index in [-0.39, 0.29) is 30.4 Å². The minimum absolute atomic E-state index is 0.0167. The van der Waals surface area contributed by atoms with Gasteiger partial charge in [0.15, 0.2) is 18.5 Å². The number of carboxylic acid groups (broad SMARTS) is 1. The van der Waals surface area contributed by atoms with Crippen LogP contribution in [-0.2, 0) is 9.53 Å². The third-order valence-corrected chi connectivity index (χ3v) is 4.50. The van der Waals surface area contributed by atoms with Crippen LogP contribution in [0.1, 0.15) is 42.8 Å². The highest BCUT2D eigenvalue weighted by atomic mass is 16.6. The number of carbonyl (C=O) groups excluding carboxylic acids is 1. The van der Waals surface area contributed by atoms with E-state index in [1.54, 1.807) is 19.2 Å². The summed E-state index contributed by atoms with van der Waals surface area (Å²) in [6.07, 6.45) is -0.126. The van der Waals surface area contributed by atoms with Crippen LogP contribution >= 0.6 is 0 Å². The summed E-state index contributed by atoms with van der Waals surface area (Å²) in [6.45, 7) is 1.79. The number of nitrogens with two attached hydrogens (primary N) is 2. The Kier molecular flexibility index (Phi) is 6.65. The number of primary amides is 1. The van der Waals surface area contributed by atoms with Gasteiger partial charge in [0.2, 0.25) is 0 Å². The Balaban J connectivity index is 2.01. The lowest BCUT2D eigenvalue weighted by Crippen LogP contribution is -2.46. The van der Waals surface area contributed by atoms with Gasteiger partial charge in [-0.05, 0) is 24.8 Å². The van der Waals surface area contributed by atoms with E-state index in [4.69, 9.17) is 21.3 Å². The van der Waals surface area contributed by atoms with E-state index in [0.29, 0.717) is 6.42 Å². The summed E-state index contributed by atoms with van der Waals surface area (Å²) in [7, 11) is 0. The summed E-state index contributed by atoms with van der Waals surface area (Å²) in [6, 6.07) is 2.75. The number of nitrogens with zero attached hydrogens (tertiary/aromatic N) is 1. The Morgan fingerprint density at radius 1 is 1.35 bits per heavy atom. The average molecular weight is 368 g/mol. The van der Waals surface area contributed by atoms with Crippen LogP contribution in [0.5, 0.6) is 0 Å². The number of ether oxygens (including phenoxy) is 1. The van der Waals surface area contributed by atoms with E-state index in [2.05, 4.69) is 0 Å². The number of carbonyl (C=O) groups is 2. The molecule has 2 rings (SSSR count). The van der Waals surface area contributed by atoms with Crippen LogP contribution in [0.15, 0.2) is 24.5 Å². The zero-order valence-electron chi connectivity index (χ0n) is 14.6. The van der Waals surface area contributed by atoms with Crippen molar-refractivity contribution in [2.45, 2.75) is 56.8 Å². The summed E-state index contributed by atoms with van der Waals surface area (Å²) in [5.41, 5.74) is 11.6. The molecule has 2 heterocycles. The monoisotopic (exact) mass is 368 g/mol. The predicted molar refractivity (Wildman–Crippen MR) is 89.7 cm³/mol. The van der Waals surface area contributed by atoms with Crippen molar-refractivity contribution in [3.05, 3.63) is 30.1 Å². The summed E-state index contributed by atoms with van der Waals surface area (Å²) in [5.74, 6) is -1.61. The van der Waals surface area contributed by atoms with E-state index in [1.807, 2.05) is 0 Å². The molecule has 1 aliphatic rings. The number of hydrogen-bond donors (Lipinski definition) is 5. The van der Waals surface area contributed by atoms with E-state index >= 15 is 0 Å². The van der Waals surface area contributed by atoms with Gasteiger partial charge >= 0.3 is 5.97 Å². The van der Waals surface area contributed by atoms with Crippen molar-refractivity contribution in [3.8, 4) is 0 Å². The van der Waals surface area contributed by atoms with Crippen LogP contribution < -0.4 is 16.0 Å². The zero-order chi connectivity index (χ0) is 19.4. The van der Waals surface area contributed by atoms with Crippen LogP contribution in [0, 0.1) is 5.92 Å². The molecule has 1 aromatic rings. The first-order chi connectivity index (χ1) is 12.2. The quantitative estimate of drug-likeness (QED) is 0.364. The number of aromatic nitrogens is 1. The number of rotatable bonds is 8. The zero-order valence-corrected chi connectivity index (χ0v) is 14.6. The molecule has 1 amide bonds. The van der Waals surface area contributed by atoms with Crippen LogP contribution in [0.25, 0.3) is 0 Å². The molecule has 1 aromatic heterocycles. The topological polar surface area (TPSA) is 160 Å². The average Bonchev–Trinajstić information content (AvgIpc) is 2.82. The lowest BCUT2D eigenvalue weighted by Gasteiger charge is -2.20. The van der Waals surface area contributed by atoms with E-state index in [9.17, 15) is 19.8 Å². The van der Waals surface area contributed by atoms with Crippen molar-refractivity contribution in [2.75, 3.05) is 0 Å². The van der Waals surface area contributed by atoms with Gasteiger partial charge in [0, 0.05) is 18.5 Å². The van der Waals surface area contributed by atoms with Crippen LogP contribution in [-0.4, -0.2) is 51.5 Å². The molecule has 0 unspecified atom stereocenters. The molecule has 0 bridgehead atoms. The number of amides is 1. The molecule has 0 aliphatic carbocycles. The molecule has 0 aromatic carbocycles. The fourth-order valence-corrected chi connectivity index (χ4v) is 3.26. The molecule has 1 fully saturated rings. The molecule has 1 saturated heterocycles. The largest absolute Gasteiger partial charge is 0.481 e. The molecule has 6 atom stereocenters. The lowest BCUT2D eigenvalue weighted by atomic mass is 9.94. The number of hydrogen-bond acceptors (Lipinski definition) is 6. The molecule has 9 nitrogen and oxygen atoms in total. The van der Waals surface area contributed by atoms with Crippen molar-refractivity contribution >= 4 is 11.9 Å². The van der Waals surface area contributed by atoms with Gasteiger partial charge in [-0.25, -0.2) is 0 Å². The van der Waals surface area contributed by atoms with Crippen molar-refractivity contribution in [3.63, 3.8) is 0 Å². The van der Waals surface area contributed by atoms with Crippen LogP contribution in [0.4, 0.5) is 0 Å². The second kappa shape index (κ2) is 8.54. The molecule has 9 heteroatoms. The van der Waals surface area contributed by atoms with Gasteiger partial charge in [-0.3, -0.25) is 9.59 Å². The van der Waals surface area contributed by atoms with Gasteiger partial charge < -0.3 is 31.5 Å². The Morgan fingerprint density at radius 2 is 2.04 bits per heavy atom. The fraction of sp³-hybridized carbons (Fsp3) is 0.588. The number of carboxylic acids is 1. The normalized spacial score (nSPS) is 27.8. The molecule has 0 radical (unpaired) electrons. The summed E-state index contributed by atoms with van der Waals surface area (Å²) >= 11 is 0. The molecular formula is C17H26N3O6+. The first-order valence-corrected chi connectivity index (χ1v) is 8.48. The van der Waals surface area contributed by atoms with Gasteiger partial charge in [0.1, 0.15) is 11.7 Å². The molecular weight excluding hydrogens is 342 g/mol. The van der Waals surface area contributed by atoms with Gasteiger partial charge in [-0.2, -0.15) is 4.57 Å². The highest BCUT2D eigenvalue weighted by molar-refractivity contribution is 5.92. The van der Waals surface area contributed by atoms with Crippen molar-refractivity contribution in [2.24, 2.45) is 17.4 Å². The second-order valence-corrected chi connectivity index (χ2v) is 6.88. The highest BCUT2D eigenvalue weighted by Crippen LogP contribution is 2.29. The molecule has 0 saturated carbocycles. The van der Waals surface area contributed by atoms with E-state index in [0.717, 1.165) is 0 Å². The van der Waals surface area contributed by atoms with Crippen molar-refractivity contribution in [1.82, 2.24) is 0 Å². The SMILES string of the molecule is C[C@H](CC(=O)O)C[C@@H](N)C[C@H]1O[C@@H]([n+]2cccc(C(N)=O)c2)[C@H](O)[C@@H]1O. The molecule has 1 aliphatic heterocycles. The summed E-state index contributed by atoms with van der Waals surface area (Å²) in [5, 5.41) is 29.4. The maximum absolute atomic E-state index is 11.3. The second-order valence-electron chi connectivity index (χ2n) is 6.88. The standard InChI is InChI=1S/C17H25N3O6/c1-9(6-13(21)22)5-11(18)7-12-14(23)15(24)17(26-12)20-4-2-3-10(8-20)16(19)25/h2-4,8-9,11-12,14-15,17,23-24H,5-7,18H2,1H3,(H2-,19,21,22,25)/p+1/t9-,11+,12+,14+,15+,17+/m0/s1. The summed E-state index contributed by atoms with van der Waals surface area (Å²) in [4.78, 5) is 22.0. The number of aliphatic carboxylic acids is 1. The van der Waals surface area contributed by atoms with Gasteiger partial charge in [0.05, 0.1) is 6.10 Å². The number of pyridine rings is 1. The van der Waals surface area contributed by atoms with Crippen molar-refractivity contribution < 1.29 is 34.2 Å². The third kappa shape index (κ3) is 4.98. The maximum Gasteiger partial charge on any atom is 0.303 e. The Labute approximate surface area is 151 Å². The van der Waals surface area contributed by atoms with Gasteiger partial charge in [-0.1, -0.05) is 6.92 Å². The molecule has 0 spiro atoms. The minimum atomic E-state index is -1.20. The third-order valence-electron chi connectivity index (χ3n) is 4.50. The Bertz CT molecular complexity index is 655. The maximum atomic E-state index is 11.3. The highest BCUT2D eigenvalue weighted by Gasteiger charge is 2.48. The van der Waals surface area contributed by atoms with Crippen LogP contribution in [0.3, 0.4) is 0 Å². The molecule has 7 N–H and O–H groups in total. The van der Waals surface area contributed by atoms with E-state index < -0.39 is 36.4 Å². The fourth-order valence-electron chi connectivity index (χ4n) is 3.26. The van der Waals surface area contributed by atoms with Gasteiger partial charge in [0.25, 0.3) is 12.1 Å². The molecule has 144 valence electrons. The molecule has 26 heavy (non-hydrogen) atoms. The minimum Gasteiger partial charge on any atom is -0.481 e. The number of aliphatic hydroxyl groups excluding tert-OH is 2. The Morgan fingerprint density at radius 3 is 2.65 bits per heavy atom. The van der Waals surface area contributed by atoms with Gasteiger partial charge in [-0.15, -0.1) is 0 Å². The first-order valence-electron chi connectivity index (χ1n) is 8.48. The Hall–Kier alpha value is -2.07. The predicted octanol–water partition coefficient (Wildman–Crippen LogP) is -1.09. The van der Waals surface area contributed by atoms with Crippen LogP contribution in [0.2, 0.25) is 0 Å². The first kappa shape index (κ1) is 20.2.